The molecule has 0 aliphatic heterocycles. The average Bonchev–Trinajstić information content (AvgIpc) is 3.26. The Bertz CT molecular complexity index is 1090. The van der Waals surface area contributed by atoms with Crippen molar-refractivity contribution in [1.29, 1.82) is 0 Å². The van der Waals surface area contributed by atoms with Crippen LogP contribution in [0.25, 0.3) is 0 Å². The number of carbonyl (C=O) groups excluding carboxylic acids is 1. The fourth-order valence-corrected chi connectivity index (χ4v) is 3.10. The monoisotopic (exact) mass is 432 g/mol. The number of aromatic nitrogens is 4. The van der Waals surface area contributed by atoms with Gasteiger partial charge in [0.15, 0.2) is 0 Å². The minimum Gasteiger partial charge on any atom is -0.475 e. The highest BCUT2D eigenvalue weighted by Gasteiger charge is 2.26. The van der Waals surface area contributed by atoms with Crippen LogP contribution in [0.2, 0.25) is 5.02 Å². The summed E-state index contributed by atoms with van der Waals surface area (Å²) in [5.74, 6) is -0.532. The number of amides is 1. The van der Waals surface area contributed by atoms with E-state index in [1.165, 1.54) is 18.0 Å². The highest BCUT2D eigenvalue weighted by molar-refractivity contribution is 6.30. The van der Waals surface area contributed by atoms with Crippen LogP contribution in [0.4, 0.5) is 11.4 Å². The van der Waals surface area contributed by atoms with Gasteiger partial charge in [0.25, 0.3) is 0 Å². The molecule has 0 fully saturated rings. The molecule has 0 saturated heterocycles. The van der Waals surface area contributed by atoms with E-state index in [-0.39, 0.29) is 17.5 Å². The fraction of sp³-hybridized carbons (Fsp3) is 0.316. The van der Waals surface area contributed by atoms with Gasteiger partial charge in [-0.2, -0.15) is 5.10 Å². The molecule has 3 rings (SSSR count). The van der Waals surface area contributed by atoms with E-state index in [0.717, 1.165) is 11.3 Å². The summed E-state index contributed by atoms with van der Waals surface area (Å²) in [4.78, 5) is 23.2. The van der Waals surface area contributed by atoms with Gasteiger partial charge in [-0.25, -0.2) is 4.68 Å². The third-order valence-corrected chi connectivity index (χ3v) is 4.97. The molecule has 1 amide bonds. The molecule has 2 aromatic heterocycles. The number of nitrogens with zero attached hydrogens (tertiary/aromatic N) is 5. The molecule has 1 atom stereocenters. The van der Waals surface area contributed by atoms with Crippen molar-refractivity contribution in [2.24, 2.45) is 0 Å². The summed E-state index contributed by atoms with van der Waals surface area (Å²) >= 11 is 5.93. The highest BCUT2D eigenvalue weighted by Crippen LogP contribution is 2.27. The van der Waals surface area contributed by atoms with Crippen LogP contribution in [-0.4, -0.2) is 37.5 Å². The zero-order chi connectivity index (χ0) is 22.0. The lowest BCUT2D eigenvalue weighted by atomic mass is 10.2. The van der Waals surface area contributed by atoms with Crippen molar-refractivity contribution in [1.82, 2.24) is 19.6 Å². The van der Waals surface area contributed by atoms with Gasteiger partial charge in [-0.05, 0) is 38.5 Å². The topological polar surface area (TPSA) is 117 Å². The average molecular weight is 433 g/mol. The summed E-state index contributed by atoms with van der Waals surface area (Å²) in [6.07, 6.45) is 1.17. The van der Waals surface area contributed by atoms with Gasteiger partial charge in [-0.3, -0.25) is 19.6 Å². The number of carbonyl (C=O) groups is 1. The van der Waals surface area contributed by atoms with Crippen molar-refractivity contribution in [3.05, 3.63) is 62.6 Å². The third kappa shape index (κ3) is 4.28. The van der Waals surface area contributed by atoms with E-state index >= 15 is 0 Å². The Labute approximate surface area is 177 Å². The Balaban J connectivity index is 1.79. The maximum atomic E-state index is 12.8. The molecule has 0 radical (unpaired) electrons. The number of aryl methyl sites for hydroxylation is 1. The van der Waals surface area contributed by atoms with Crippen molar-refractivity contribution in [2.75, 3.05) is 12.4 Å². The van der Waals surface area contributed by atoms with Crippen molar-refractivity contribution < 1.29 is 14.5 Å². The Hall–Kier alpha value is -3.40. The summed E-state index contributed by atoms with van der Waals surface area (Å²) < 4.78 is 7.91. The van der Waals surface area contributed by atoms with Crippen LogP contribution in [0.5, 0.6) is 5.88 Å². The molecule has 1 N–H and O–H groups in total. The van der Waals surface area contributed by atoms with Crippen LogP contribution in [0.15, 0.2) is 30.5 Å². The van der Waals surface area contributed by atoms with E-state index in [9.17, 15) is 14.9 Å². The van der Waals surface area contributed by atoms with E-state index in [1.54, 1.807) is 18.5 Å². The first-order valence-corrected chi connectivity index (χ1v) is 9.46. The third-order valence-electron chi connectivity index (χ3n) is 4.72. The lowest BCUT2D eigenvalue weighted by Crippen LogP contribution is -2.24. The number of nitro groups is 1. The van der Waals surface area contributed by atoms with E-state index in [2.05, 4.69) is 15.5 Å². The van der Waals surface area contributed by atoms with Crippen LogP contribution in [-0.2, 0) is 11.3 Å². The molecule has 10 nitrogen and oxygen atoms in total. The number of nitrogens with one attached hydrogen (secondary N) is 1. The van der Waals surface area contributed by atoms with Crippen LogP contribution >= 0.6 is 11.6 Å². The Kier molecular flexibility index (Phi) is 6.06. The van der Waals surface area contributed by atoms with E-state index in [1.807, 2.05) is 31.2 Å². The molecule has 1 unspecified atom stereocenters. The molecule has 2 heterocycles. The Morgan fingerprint density at radius 3 is 2.53 bits per heavy atom. The minimum atomic E-state index is -0.800. The Morgan fingerprint density at radius 2 is 1.97 bits per heavy atom. The summed E-state index contributed by atoms with van der Waals surface area (Å²) in [6.45, 7) is 5.78. The summed E-state index contributed by atoms with van der Waals surface area (Å²) in [6, 6.07) is 6.65. The van der Waals surface area contributed by atoms with Gasteiger partial charge in [0.1, 0.15) is 12.2 Å². The second kappa shape index (κ2) is 8.54. The lowest BCUT2D eigenvalue weighted by Gasteiger charge is -2.13. The second-order valence-electron chi connectivity index (χ2n) is 6.76. The largest absolute Gasteiger partial charge is 0.475 e. The molecule has 0 aliphatic rings. The molecular formula is C19H21ClN6O4. The van der Waals surface area contributed by atoms with E-state index in [4.69, 9.17) is 16.3 Å². The van der Waals surface area contributed by atoms with Crippen LogP contribution in [0.3, 0.4) is 0 Å². The molecule has 0 saturated carbocycles. The predicted molar refractivity (Wildman–Crippen MR) is 111 cm³/mol. The number of halogens is 1. The number of hydrogen-bond donors (Lipinski definition) is 1. The molecule has 0 bridgehead atoms. The van der Waals surface area contributed by atoms with Crippen molar-refractivity contribution in [2.45, 2.75) is 33.4 Å². The van der Waals surface area contributed by atoms with Crippen molar-refractivity contribution in [3.8, 4) is 5.88 Å². The van der Waals surface area contributed by atoms with Gasteiger partial charge in [-0.15, -0.1) is 5.10 Å². The summed E-state index contributed by atoms with van der Waals surface area (Å²) in [5.41, 5.74) is 2.75. The predicted octanol–water partition coefficient (Wildman–Crippen LogP) is 3.51. The van der Waals surface area contributed by atoms with Crippen LogP contribution in [0.1, 0.15) is 29.9 Å². The maximum Gasteiger partial charge on any atom is 0.350 e. The molecule has 30 heavy (non-hydrogen) atoms. The van der Waals surface area contributed by atoms with Crippen molar-refractivity contribution in [3.63, 3.8) is 0 Å². The number of methoxy groups -OCH3 is 1. The van der Waals surface area contributed by atoms with Gasteiger partial charge in [-0.1, -0.05) is 23.7 Å². The molecule has 11 heteroatoms. The molecule has 158 valence electrons. The first-order valence-electron chi connectivity index (χ1n) is 9.08. The fourth-order valence-electron chi connectivity index (χ4n) is 2.98. The zero-order valence-electron chi connectivity index (χ0n) is 16.9. The standard InChI is InChI=1S/C19H21ClN6O4/c1-11-17(12(2)24(22-11)9-14-5-7-15(20)8-6-14)21-18(27)13(3)25-10-16(26(28)29)19(23-25)30-4/h5-8,10,13H,9H2,1-4H3,(H,21,27). The van der Waals surface area contributed by atoms with Gasteiger partial charge < -0.3 is 10.1 Å². The molecule has 0 aliphatic carbocycles. The summed E-state index contributed by atoms with van der Waals surface area (Å²) in [7, 11) is 1.28. The lowest BCUT2D eigenvalue weighted by molar-refractivity contribution is -0.385. The quantitative estimate of drug-likeness (QED) is 0.451. The number of hydrogen-bond acceptors (Lipinski definition) is 6. The SMILES string of the molecule is COc1nn(C(C)C(=O)Nc2c(C)nn(Cc3ccc(Cl)cc3)c2C)cc1[N+](=O)[O-]. The first kappa shape index (κ1) is 21.3. The van der Waals surface area contributed by atoms with Gasteiger partial charge in [0.05, 0.1) is 35.7 Å². The first-order chi connectivity index (χ1) is 14.2. The smallest absolute Gasteiger partial charge is 0.350 e. The van der Waals surface area contributed by atoms with E-state index < -0.39 is 11.0 Å². The highest BCUT2D eigenvalue weighted by atomic mass is 35.5. The molecule has 3 aromatic rings. The van der Waals surface area contributed by atoms with Gasteiger partial charge in [0.2, 0.25) is 5.91 Å². The number of rotatable bonds is 7. The Morgan fingerprint density at radius 1 is 1.30 bits per heavy atom. The van der Waals surface area contributed by atoms with Gasteiger partial charge >= 0.3 is 11.6 Å². The number of ether oxygens (including phenoxy) is 1. The molecule has 0 spiro atoms. The second-order valence-corrected chi connectivity index (χ2v) is 7.19. The number of anilines is 1. The normalized spacial score (nSPS) is 11.9. The van der Waals surface area contributed by atoms with E-state index in [0.29, 0.717) is 22.9 Å². The molecule has 1 aromatic carbocycles. The minimum absolute atomic E-state index is 0.150. The summed E-state index contributed by atoms with van der Waals surface area (Å²) in [5, 5.41) is 23.1. The van der Waals surface area contributed by atoms with Gasteiger partial charge in [0, 0.05) is 5.02 Å². The van der Waals surface area contributed by atoms with Crippen LogP contribution in [0, 0.1) is 24.0 Å². The van der Waals surface area contributed by atoms with Crippen LogP contribution < -0.4 is 10.1 Å². The van der Waals surface area contributed by atoms with Crippen molar-refractivity contribution >= 4 is 28.9 Å². The number of benzene rings is 1. The zero-order valence-corrected chi connectivity index (χ0v) is 17.7. The molecular weight excluding hydrogens is 412 g/mol. The maximum absolute atomic E-state index is 12.8.